The summed E-state index contributed by atoms with van der Waals surface area (Å²) >= 11 is 0. The van der Waals surface area contributed by atoms with Crippen LogP contribution in [0.15, 0.2) is 0 Å². The van der Waals surface area contributed by atoms with Gasteiger partial charge >= 0.3 is 0 Å². The van der Waals surface area contributed by atoms with E-state index in [1.807, 2.05) is 0 Å². The number of nitrogens with two attached hydrogens (primary N) is 5. The predicted octanol–water partition coefficient (Wildman–Crippen LogP) is -5.31. The van der Waals surface area contributed by atoms with Crippen molar-refractivity contribution in [2.75, 3.05) is 65.8 Å². The third-order valence-corrected chi connectivity index (χ3v) is 0.645. The van der Waals surface area contributed by atoms with Crippen LogP contribution in [-0.2, 0) is 0 Å². The minimum absolute atomic E-state index is 0.0972. The summed E-state index contributed by atoms with van der Waals surface area (Å²) in [6, 6.07) is 0. The van der Waals surface area contributed by atoms with Gasteiger partial charge in [0.1, 0.15) is 0 Å². The van der Waals surface area contributed by atoms with E-state index in [0.717, 1.165) is 0 Å². The molecule has 0 spiro atoms. The summed E-state index contributed by atoms with van der Waals surface area (Å²) in [5.74, 6) is 0. The Labute approximate surface area is 121 Å². The second-order valence-electron chi connectivity index (χ2n) is 2.56. The smallest absolute Gasteiger partial charge is 0.0553 e. The lowest BCUT2D eigenvalue weighted by molar-refractivity contribution is 0.306. The first kappa shape index (κ1) is 31.8. The van der Waals surface area contributed by atoms with E-state index in [4.69, 9.17) is 54.2 Å². The van der Waals surface area contributed by atoms with Crippen LogP contribution in [0.2, 0.25) is 0 Å². The van der Waals surface area contributed by atoms with Gasteiger partial charge in [-0.1, -0.05) is 0 Å². The van der Waals surface area contributed by atoms with Crippen LogP contribution < -0.4 is 28.7 Å². The first-order valence-electron chi connectivity index (χ1n) is 6.12. The highest BCUT2D eigenvalue weighted by Crippen LogP contribution is 1.34. The standard InChI is InChI=1S/5C2H7NO/c5*3-1-2-4/h5*4H,1-3H2. The van der Waals surface area contributed by atoms with E-state index in [9.17, 15) is 0 Å². The van der Waals surface area contributed by atoms with E-state index in [2.05, 4.69) is 0 Å². The van der Waals surface area contributed by atoms with E-state index in [1.165, 1.54) is 0 Å². The maximum absolute atomic E-state index is 7.75. The second-order valence-corrected chi connectivity index (χ2v) is 2.56. The number of rotatable bonds is 5. The third-order valence-electron chi connectivity index (χ3n) is 0.645. The van der Waals surface area contributed by atoms with Crippen molar-refractivity contribution in [2.45, 2.75) is 0 Å². The van der Waals surface area contributed by atoms with Crippen LogP contribution in [-0.4, -0.2) is 91.3 Å². The molecule has 0 aliphatic heterocycles. The Hall–Kier alpha value is -0.400. The number of aliphatic hydroxyl groups is 5. The van der Waals surface area contributed by atoms with E-state index in [-0.39, 0.29) is 33.0 Å². The fourth-order valence-electron chi connectivity index (χ4n) is 0. The van der Waals surface area contributed by atoms with Gasteiger partial charge in [0.2, 0.25) is 0 Å². The Kier molecular flexibility index (Phi) is 99.4. The highest BCUT2D eigenvalue weighted by molar-refractivity contribution is 4.18. The van der Waals surface area contributed by atoms with Crippen molar-refractivity contribution in [3.63, 3.8) is 0 Å². The van der Waals surface area contributed by atoms with Crippen molar-refractivity contribution in [1.29, 1.82) is 0 Å². The van der Waals surface area contributed by atoms with Gasteiger partial charge < -0.3 is 54.2 Å². The van der Waals surface area contributed by atoms with Gasteiger partial charge in [-0.15, -0.1) is 0 Å². The average molecular weight is 305 g/mol. The van der Waals surface area contributed by atoms with E-state index < -0.39 is 0 Å². The Balaban J connectivity index is -0.0000000469. The van der Waals surface area contributed by atoms with Crippen molar-refractivity contribution >= 4 is 0 Å². The maximum Gasteiger partial charge on any atom is 0.0553 e. The molecular formula is C10H35N5O5. The molecule has 10 heteroatoms. The van der Waals surface area contributed by atoms with Gasteiger partial charge in [-0.2, -0.15) is 0 Å². The molecule has 0 aromatic rings. The fraction of sp³-hybridized carbons (Fsp3) is 1.00. The Morgan fingerprint density at radius 2 is 0.400 bits per heavy atom. The quantitative estimate of drug-likeness (QED) is 0.231. The SMILES string of the molecule is NCCO.NCCO.NCCO.NCCO.NCCO. The largest absolute Gasteiger partial charge is 0.395 e. The molecule has 0 radical (unpaired) electrons. The van der Waals surface area contributed by atoms with Crippen LogP contribution in [0, 0.1) is 0 Å². The molecule has 0 bridgehead atoms. The first-order valence-corrected chi connectivity index (χ1v) is 6.12. The van der Waals surface area contributed by atoms with Gasteiger partial charge in [-0.05, 0) is 0 Å². The van der Waals surface area contributed by atoms with E-state index in [0.29, 0.717) is 32.7 Å². The molecular weight excluding hydrogens is 270 g/mol. The van der Waals surface area contributed by atoms with Gasteiger partial charge in [-0.3, -0.25) is 0 Å². The lowest BCUT2D eigenvalue weighted by Gasteiger charge is -1.71. The van der Waals surface area contributed by atoms with Crippen LogP contribution in [0.25, 0.3) is 0 Å². The Morgan fingerprint density at radius 1 is 0.350 bits per heavy atom. The van der Waals surface area contributed by atoms with Gasteiger partial charge in [-0.25, -0.2) is 0 Å². The molecule has 10 nitrogen and oxygen atoms in total. The van der Waals surface area contributed by atoms with Crippen molar-refractivity contribution in [1.82, 2.24) is 0 Å². The van der Waals surface area contributed by atoms with Crippen LogP contribution in [0.5, 0.6) is 0 Å². The summed E-state index contributed by atoms with van der Waals surface area (Å²) in [6.45, 7) is 2.36. The molecule has 15 N–H and O–H groups in total. The van der Waals surface area contributed by atoms with Crippen molar-refractivity contribution < 1.29 is 25.5 Å². The lowest BCUT2D eigenvalue weighted by Crippen LogP contribution is -2.02. The lowest BCUT2D eigenvalue weighted by atomic mass is 10.8. The molecule has 0 atom stereocenters. The van der Waals surface area contributed by atoms with Crippen LogP contribution >= 0.6 is 0 Å². The zero-order valence-corrected chi connectivity index (χ0v) is 12.2. The molecule has 0 unspecified atom stereocenters. The highest BCUT2D eigenvalue weighted by Gasteiger charge is 1.57. The molecule has 0 fully saturated rings. The molecule has 0 heterocycles. The Morgan fingerprint density at radius 3 is 0.400 bits per heavy atom. The molecule has 0 rings (SSSR count). The molecule has 0 aromatic heterocycles. The predicted molar refractivity (Wildman–Crippen MR) is 80.7 cm³/mol. The van der Waals surface area contributed by atoms with Crippen molar-refractivity contribution in [3.05, 3.63) is 0 Å². The molecule has 130 valence electrons. The topological polar surface area (TPSA) is 231 Å². The molecule has 20 heavy (non-hydrogen) atoms. The number of aliphatic hydroxyl groups excluding tert-OH is 5. The maximum atomic E-state index is 7.75. The normalized spacial score (nSPS) is 7.50. The average Bonchev–Trinajstić information content (AvgIpc) is 2.55. The zero-order valence-electron chi connectivity index (χ0n) is 12.2. The molecule has 0 aliphatic carbocycles. The molecule has 0 amide bonds. The summed E-state index contributed by atoms with van der Waals surface area (Å²) in [6.07, 6.45) is 0. The van der Waals surface area contributed by atoms with Gasteiger partial charge in [0.25, 0.3) is 0 Å². The molecule has 0 saturated heterocycles. The van der Waals surface area contributed by atoms with E-state index >= 15 is 0 Å². The first-order chi connectivity index (χ1) is 9.57. The van der Waals surface area contributed by atoms with Gasteiger partial charge in [0.05, 0.1) is 33.0 Å². The van der Waals surface area contributed by atoms with Crippen LogP contribution in [0.3, 0.4) is 0 Å². The summed E-state index contributed by atoms with van der Waals surface area (Å²) < 4.78 is 0. The summed E-state index contributed by atoms with van der Waals surface area (Å²) in [5, 5.41) is 38.8. The summed E-state index contributed by atoms with van der Waals surface area (Å²) in [5.41, 5.74) is 23.9. The molecule has 0 saturated carbocycles. The minimum atomic E-state index is 0.0972. The van der Waals surface area contributed by atoms with Gasteiger partial charge in [0.15, 0.2) is 0 Å². The number of hydrogen-bond donors (Lipinski definition) is 10. The van der Waals surface area contributed by atoms with Crippen LogP contribution in [0.1, 0.15) is 0 Å². The monoisotopic (exact) mass is 305 g/mol. The second kappa shape index (κ2) is 62.5. The van der Waals surface area contributed by atoms with Gasteiger partial charge in [0, 0.05) is 32.7 Å². The number of hydrogen-bond acceptors (Lipinski definition) is 10. The Bertz CT molecular complexity index is 63.2. The van der Waals surface area contributed by atoms with Crippen LogP contribution in [0.4, 0.5) is 0 Å². The zero-order chi connectivity index (χ0) is 17.1. The van der Waals surface area contributed by atoms with E-state index in [1.54, 1.807) is 0 Å². The minimum Gasteiger partial charge on any atom is -0.395 e. The third kappa shape index (κ3) is 229. The summed E-state index contributed by atoms with van der Waals surface area (Å²) in [7, 11) is 0. The highest BCUT2D eigenvalue weighted by atomic mass is 16.3. The fourth-order valence-corrected chi connectivity index (χ4v) is 0. The molecule has 0 aliphatic rings. The summed E-state index contributed by atoms with van der Waals surface area (Å²) in [4.78, 5) is 0. The molecule has 0 aromatic carbocycles. The van der Waals surface area contributed by atoms with Crippen molar-refractivity contribution in [3.8, 4) is 0 Å². The van der Waals surface area contributed by atoms with Crippen molar-refractivity contribution in [2.24, 2.45) is 28.7 Å².